The summed E-state index contributed by atoms with van der Waals surface area (Å²) in [6.07, 6.45) is 3.25. The molecule has 0 spiro atoms. The number of hydrogen-bond donors (Lipinski definition) is 2. The van der Waals surface area contributed by atoms with Crippen LogP contribution in [-0.4, -0.2) is 16.9 Å². The van der Waals surface area contributed by atoms with E-state index in [2.05, 4.69) is 35.4 Å². The van der Waals surface area contributed by atoms with Gasteiger partial charge in [0.15, 0.2) is 0 Å². The first kappa shape index (κ1) is 18.2. The molecule has 3 aromatic rings. The molecule has 2 aromatic carbocycles. The van der Waals surface area contributed by atoms with E-state index in [1.165, 1.54) is 17.7 Å². The van der Waals surface area contributed by atoms with Crippen LogP contribution in [0.5, 0.6) is 0 Å². The molecule has 0 bridgehead atoms. The highest BCUT2D eigenvalue weighted by atomic mass is 19.1. The molecule has 0 radical (unpaired) electrons. The van der Waals surface area contributed by atoms with Crippen LogP contribution in [0.2, 0.25) is 0 Å². The van der Waals surface area contributed by atoms with Crippen LogP contribution in [0.1, 0.15) is 49.8 Å². The van der Waals surface area contributed by atoms with Gasteiger partial charge < -0.3 is 10.3 Å². The lowest BCUT2D eigenvalue weighted by Gasteiger charge is -2.18. The molecule has 0 aliphatic heterocycles. The topological polar surface area (TPSA) is 44.9 Å². The Morgan fingerprint density at radius 2 is 1.88 bits per heavy atom. The fourth-order valence-corrected chi connectivity index (χ4v) is 3.49. The number of carbonyl (C=O) groups is 1. The number of H-pyrrole nitrogens is 1. The zero-order valence-electron chi connectivity index (χ0n) is 15.5. The normalized spacial score (nSPS) is 12.5. The minimum Gasteiger partial charge on any atom is -0.361 e. The molecule has 2 N–H and O–H groups in total. The number of hydrogen-bond acceptors (Lipinski definition) is 1. The molecule has 3 rings (SSSR count). The van der Waals surface area contributed by atoms with Gasteiger partial charge in [-0.05, 0) is 49.1 Å². The van der Waals surface area contributed by atoms with Crippen molar-refractivity contribution in [3.05, 3.63) is 71.2 Å². The van der Waals surface area contributed by atoms with Crippen molar-refractivity contribution in [2.45, 2.75) is 45.6 Å². The van der Waals surface area contributed by atoms with Crippen LogP contribution >= 0.6 is 0 Å². The van der Waals surface area contributed by atoms with Crippen LogP contribution in [0.3, 0.4) is 0 Å². The Labute approximate surface area is 153 Å². The second kappa shape index (κ2) is 7.73. The van der Waals surface area contributed by atoms with Crippen LogP contribution in [0.25, 0.3) is 10.9 Å². The molecule has 26 heavy (non-hydrogen) atoms. The average Bonchev–Trinajstić information content (AvgIpc) is 3.04. The Morgan fingerprint density at radius 1 is 1.15 bits per heavy atom. The largest absolute Gasteiger partial charge is 0.361 e. The fraction of sp³-hybridized carbons (Fsp3) is 0.318. The van der Waals surface area contributed by atoms with Crippen molar-refractivity contribution in [3.8, 4) is 0 Å². The van der Waals surface area contributed by atoms with E-state index in [-0.39, 0.29) is 23.7 Å². The van der Waals surface area contributed by atoms with E-state index < -0.39 is 0 Å². The molecule has 3 nitrogen and oxygen atoms in total. The van der Waals surface area contributed by atoms with E-state index in [0.717, 1.165) is 28.5 Å². The number of fused-ring (bicyclic) bond motifs is 1. The standard InChI is InChI=1S/C22H25FN2O/c1-4-15-6-5-7-18-20(13-24-22(15)18)19(12-21(26)25-14(2)3)16-8-10-17(23)11-9-16/h5-11,13-14,19,24H,4,12H2,1-3H3,(H,25,26). The minimum absolute atomic E-state index is 0.00433. The quantitative estimate of drug-likeness (QED) is 0.650. The summed E-state index contributed by atoms with van der Waals surface area (Å²) in [7, 11) is 0. The molecule has 4 heteroatoms. The maximum atomic E-state index is 13.4. The second-order valence-corrected chi connectivity index (χ2v) is 6.97. The molecule has 0 saturated heterocycles. The third-order valence-corrected chi connectivity index (χ3v) is 4.70. The van der Waals surface area contributed by atoms with Crippen molar-refractivity contribution >= 4 is 16.8 Å². The molecule has 0 fully saturated rings. The Hall–Kier alpha value is -2.62. The average molecular weight is 352 g/mol. The number of rotatable bonds is 6. The molecule has 136 valence electrons. The zero-order chi connectivity index (χ0) is 18.7. The van der Waals surface area contributed by atoms with Crippen LogP contribution in [0.4, 0.5) is 4.39 Å². The van der Waals surface area contributed by atoms with E-state index in [1.54, 1.807) is 12.1 Å². The molecular formula is C22H25FN2O. The van der Waals surface area contributed by atoms with Gasteiger partial charge in [0.05, 0.1) is 0 Å². The van der Waals surface area contributed by atoms with Gasteiger partial charge in [0.25, 0.3) is 0 Å². The molecular weight excluding hydrogens is 327 g/mol. The lowest BCUT2D eigenvalue weighted by molar-refractivity contribution is -0.121. The lowest BCUT2D eigenvalue weighted by atomic mass is 9.87. The van der Waals surface area contributed by atoms with Crippen molar-refractivity contribution < 1.29 is 9.18 Å². The molecule has 1 atom stereocenters. The number of halogens is 1. The van der Waals surface area contributed by atoms with Crippen LogP contribution < -0.4 is 5.32 Å². The van der Waals surface area contributed by atoms with E-state index >= 15 is 0 Å². The van der Waals surface area contributed by atoms with E-state index in [0.29, 0.717) is 6.42 Å². The van der Waals surface area contributed by atoms with Crippen molar-refractivity contribution in [1.82, 2.24) is 10.3 Å². The second-order valence-electron chi connectivity index (χ2n) is 6.97. The smallest absolute Gasteiger partial charge is 0.221 e. The van der Waals surface area contributed by atoms with Crippen molar-refractivity contribution in [3.63, 3.8) is 0 Å². The van der Waals surface area contributed by atoms with E-state index in [9.17, 15) is 9.18 Å². The van der Waals surface area contributed by atoms with Gasteiger partial charge in [-0.15, -0.1) is 0 Å². The minimum atomic E-state index is -0.272. The zero-order valence-corrected chi connectivity index (χ0v) is 15.5. The molecule has 0 saturated carbocycles. The highest BCUT2D eigenvalue weighted by molar-refractivity contribution is 5.88. The number of aromatic nitrogens is 1. The summed E-state index contributed by atoms with van der Waals surface area (Å²) in [5.74, 6) is -0.406. The molecule has 1 aromatic heterocycles. The first-order valence-corrected chi connectivity index (χ1v) is 9.13. The van der Waals surface area contributed by atoms with Crippen LogP contribution in [0, 0.1) is 5.82 Å². The predicted molar refractivity (Wildman–Crippen MR) is 104 cm³/mol. The number of aryl methyl sites for hydroxylation is 1. The van der Waals surface area contributed by atoms with Gasteiger partial charge in [-0.1, -0.05) is 37.3 Å². The molecule has 1 heterocycles. The van der Waals surface area contributed by atoms with Gasteiger partial charge in [-0.2, -0.15) is 0 Å². The number of aromatic amines is 1. The number of benzene rings is 2. The molecule has 1 amide bonds. The van der Waals surface area contributed by atoms with E-state index in [1.807, 2.05) is 20.0 Å². The predicted octanol–water partition coefficient (Wildman–Crippen LogP) is 4.92. The van der Waals surface area contributed by atoms with Crippen molar-refractivity contribution in [2.75, 3.05) is 0 Å². The first-order chi connectivity index (χ1) is 12.5. The summed E-state index contributed by atoms with van der Waals surface area (Å²) >= 11 is 0. The highest BCUT2D eigenvalue weighted by Crippen LogP contribution is 2.34. The molecule has 0 aliphatic carbocycles. The number of amides is 1. The van der Waals surface area contributed by atoms with Crippen LogP contribution in [-0.2, 0) is 11.2 Å². The summed E-state index contributed by atoms with van der Waals surface area (Å²) in [5, 5.41) is 4.09. The third kappa shape index (κ3) is 3.79. The Morgan fingerprint density at radius 3 is 2.54 bits per heavy atom. The van der Waals surface area contributed by atoms with Crippen molar-refractivity contribution in [1.29, 1.82) is 0 Å². The van der Waals surface area contributed by atoms with Gasteiger partial charge in [0, 0.05) is 35.5 Å². The van der Waals surface area contributed by atoms with Crippen molar-refractivity contribution in [2.24, 2.45) is 0 Å². The fourth-order valence-electron chi connectivity index (χ4n) is 3.49. The monoisotopic (exact) mass is 352 g/mol. The summed E-state index contributed by atoms with van der Waals surface area (Å²) in [6, 6.07) is 12.8. The Balaban J connectivity index is 2.05. The Kier molecular flexibility index (Phi) is 5.40. The molecule has 1 unspecified atom stereocenters. The summed E-state index contributed by atoms with van der Waals surface area (Å²) in [5.41, 5.74) is 4.37. The summed E-state index contributed by atoms with van der Waals surface area (Å²) in [4.78, 5) is 15.8. The number of nitrogens with one attached hydrogen (secondary N) is 2. The maximum Gasteiger partial charge on any atom is 0.221 e. The Bertz CT molecular complexity index is 896. The van der Waals surface area contributed by atoms with Crippen LogP contribution in [0.15, 0.2) is 48.7 Å². The van der Waals surface area contributed by atoms with Gasteiger partial charge in [-0.25, -0.2) is 4.39 Å². The summed E-state index contributed by atoms with van der Waals surface area (Å²) in [6.45, 7) is 6.02. The first-order valence-electron chi connectivity index (χ1n) is 9.13. The SMILES string of the molecule is CCc1cccc2c(C(CC(=O)NC(C)C)c3ccc(F)cc3)c[nH]c12. The number of carbonyl (C=O) groups excluding carboxylic acids is 1. The number of para-hydroxylation sites is 1. The highest BCUT2D eigenvalue weighted by Gasteiger charge is 2.22. The third-order valence-electron chi connectivity index (χ3n) is 4.70. The van der Waals surface area contributed by atoms with Gasteiger partial charge in [-0.3, -0.25) is 4.79 Å². The maximum absolute atomic E-state index is 13.4. The summed E-state index contributed by atoms with van der Waals surface area (Å²) < 4.78 is 13.4. The van der Waals surface area contributed by atoms with Gasteiger partial charge in [0.2, 0.25) is 5.91 Å². The van der Waals surface area contributed by atoms with Gasteiger partial charge in [0.1, 0.15) is 5.82 Å². The van der Waals surface area contributed by atoms with Gasteiger partial charge >= 0.3 is 0 Å². The lowest BCUT2D eigenvalue weighted by Crippen LogP contribution is -2.31. The van der Waals surface area contributed by atoms with E-state index in [4.69, 9.17) is 0 Å². The molecule has 0 aliphatic rings.